The van der Waals surface area contributed by atoms with Crippen molar-refractivity contribution in [3.05, 3.63) is 77.0 Å². The van der Waals surface area contributed by atoms with Gasteiger partial charge in [0, 0.05) is 11.1 Å². The van der Waals surface area contributed by atoms with E-state index in [0.717, 1.165) is 48.5 Å². The fraction of sp³-hybridized carbons (Fsp3) is 0.192. The lowest BCUT2D eigenvalue weighted by Crippen LogP contribution is -2.02. The number of ether oxygens (including phenoxy) is 2. The summed E-state index contributed by atoms with van der Waals surface area (Å²) in [6, 6.07) is 15.7. The molecule has 2 heterocycles. The molecule has 0 radical (unpaired) electrons. The van der Waals surface area contributed by atoms with Gasteiger partial charge in [-0.2, -0.15) is 0 Å². The van der Waals surface area contributed by atoms with Gasteiger partial charge >= 0.3 is 0 Å². The molecule has 5 aromatic rings. The third kappa shape index (κ3) is 3.90. The second-order valence-corrected chi connectivity index (χ2v) is 9.02. The normalized spacial score (nSPS) is 12.3. The van der Waals surface area contributed by atoms with Crippen LogP contribution < -0.4 is 9.47 Å². The van der Waals surface area contributed by atoms with Gasteiger partial charge in [0.15, 0.2) is 0 Å². The van der Waals surface area contributed by atoms with E-state index >= 15 is 0 Å². The summed E-state index contributed by atoms with van der Waals surface area (Å²) in [6.45, 7) is 4.03. The third-order valence-electron chi connectivity index (χ3n) is 5.59. The maximum Gasteiger partial charge on any atom is 0.232 e. The van der Waals surface area contributed by atoms with E-state index in [1.54, 1.807) is 31.8 Å². The molecule has 0 spiro atoms. The van der Waals surface area contributed by atoms with Gasteiger partial charge in [0.25, 0.3) is 0 Å². The van der Waals surface area contributed by atoms with Crippen LogP contribution in [0.25, 0.3) is 31.8 Å². The molecule has 7 heteroatoms. The predicted molar refractivity (Wildman–Crippen MR) is 131 cm³/mol. The molecule has 0 aliphatic rings. The lowest BCUT2D eigenvalue weighted by atomic mass is 9.99. The monoisotopic (exact) mass is 457 g/mol. The van der Waals surface area contributed by atoms with Crippen molar-refractivity contribution >= 4 is 32.6 Å². The minimum Gasteiger partial charge on any atom is -0.497 e. The smallest absolute Gasteiger partial charge is 0.232 e. The Morgan fingerprint density at radius 1 is 0.909 bits per heavy atom. The molecule has 0 bridgehead atoms. The SMILES string of the molecule is COc1cc(C(O)c2cccc(C)c2)c2nc(-c3cc(C)cc4nc(OC)cnc34)sc2c1. The average molecular weight is 458 g/mol. The number of aryl methyl sites for hydroxylation is 2. The molecular formula is C26H23N3O3S. The van der Waals surface area contributed by atoms with Crippen LogP contribution in [-0.4, -0.2) is 34.3 Å². The van der Waals surface area contributed by atoms with Crippen molar-refractivity contribution in [3.8, 4) is 22.2 Å². The van der Waals surface area contributed by atoms with E-state index < -0.39 is 6.10 Å². The number of hydrogen-bond acceptors (Lipinski definition) is 7. The summed E-state index contributed by atoms with van der Waals surface area (Å²) < 4.78 is 11.7. The quantitative estimate of drug-likeness (QED) is 0.369. The van der Waals surface area contributed by atoms with Crippen LogP contribution in [0.3, 0.4) is 0 Å². The molecule has 33 heavy (non-hydrogen) atoms. The van der Waals surface area contributed by atoms with Gasteiger partial charge < -0.3 is 14.6 Å². The van der Waals surface area contributed by atoms with E-state index in [1.165, 1.54) is 0 Å². The van der Waals surface area contributed by atoms with Crippen molar-refractivity contribution in [2.75, 3.05) is 14.2 Å². The fourth-order valence-electron chi connectivity index (χ4n) is 4.00. The van der Waals surface area contributed by atoms with Crippen LogP contribution >= 0.6 is 11.3 Å². The molecule has 6 nitrogen and oxygen atoms in total. The van der Waals surface area contributed by atoms with Crippen molar-refractivity contribution in [2.45, 2.75) is 20.0 Å². The summed E-state index contributed by atoms with van der Waals surface area (Å²) in [7, 11) is 3.21. The minimum absolute atomic E-state index is 0.469. The Bertz CT molecular complexity index is 1500. The molecule has 0 fully saturated rings. The van der Waals surface area contributed by atoms with E-state index in [0.29, 0.717) is 17.2 Å². The van der Waals surface area contributed by atoms with E-state index in [9.17, 15) is 5.11 Å². The number of aliphatic hydroxyl groups excluding tert-OH is 1. The highest BCUT2D eigenvalue weighted by Gasteiger charge is 2.21. The number of benzene rings is 3. The van der Waals surface area contributed by atoms with Crippen molar-refractivity contribution < 1.29 is 14.6 Å². The fourth-order valence-corrected chi connectivity index (χ4v) is 5.05. The first-order valence-electron chi connectivity index (χ1n) is 10.5. The van der Waals surface area contributed by atoms with Crippen LogP contribution in [0.15, 0.2) is 54.7 Å². The molecule has 0 aliphatic heterocycles. The molecule has 2 aromatic heterocycles. The number of aliphatic hydroxyl groups is 1. The van der Waals surface area contributed by atoms with E-state index in [2.05, 4.69) is 16.0 Å². The van der Waals surface area contributed by atoms with Gasteiger partial charge in [-0.25, -0.2) is 15.0 Å². The lowest BCUT2D eigenvalue weighted by Gasteiger charge is -2.14. The van der Waals surface area contributed by atoms with Gasteiger partial charge in [0.05, 0.1) is 41.7 Å². The van der Waals surface area contributed by atoms with Crippen molar-refractivity contribution in [3.63, 3.8) is 0 Å². The van der Waals surface area contributed by atoms with Gasteiger partial charge in [-0.15, -0.1) is 11.3 Å². The summed E-state index contributed by atoms with van der Waals surface area (Å²) in [5.74, 6) is 1.15. The van der Waals surface area contributed by atoms with Crippen LogP contribution in [-0.2, 0) is 0 Å². The van der Waals surface area contributed by atoms with Crippen LogP contribution in [0.4, 0.5) is 0 Å². The molecule has 166 valence electrons. The van der Waals surface area contributed by atoms with Gasteiger partial charge in [-0.1, -0.05) is 29.8 Å². The average Bonchev–Trinajstić information content (AvgIpc) is 3.26. The predicted octanol–water partition coefficient (Wildman–Crippen LogP) is 5.62. The summed E-state index contributed by atoms with van der Waals surface area (Å²) in [5.41, 5.74) is 6.83. The number of rotatable bonds is 5. The Morgan fingerprint density at radius 3 is 2.52 bits per heavy atom. The highest BCUT2D eigenvalue weighted by atomic mass is 32.1. The second-order valence-electron chi connectivity index (χ2n) is 7.99. The molecule has 0 aliphatic carbocycles. The highest BCUT2D eigenvalue weighted by Crippen LogP contribution is 2.40. The topological polar surface area (TPSA) is 77.4 Å². The first-order chi connectivity index (χ1) is 16.0. The summed E-state index contributed by atoms with van der Waals surface area (Å²) in [6.07, 6.45) is 0.792. The molecule has 0 saturated heterocycles. The largest absolute Gasteiger partial charge is 0.497 e. The maximum absolute atomic E-state index is 11.3. The zero-order chi connectivity index (χ0) is 23.1. The molecule has 3 aromatic carbocycles. The number of aromatic nitrogens is 3. The Balaban J connectivity index is 1.72. The van der Waals surface area contributed by atoms with Crippen LogP contribution in [0.1, 0.15) is 28.4 Å². The van der Waals surface area contributed by atoms with Crippen LogP contribution in [0.5, 0.6) is 11.6 Å². The summed E-state index contributed by atoms with van der Waals surface area (Å²) in [5, 5.41) is 12.1. The Morgan fingerprint density at radius 2 is 1.76 bits per heavy atom. The van der Waals surface area contributed by atoms with Crippen molar-refractivity contribution in [2.24, 2.45) is 0 Å². The number of methoxy groups -OCH3 is 2. The maximum atomic E-state index is 11.3. The highest BCUT2D eigenvalue weighted by molar-refractivity contribution is 7.21. The summed E-state index contributed by atoms with van der Waals surface area (Å²) in [4.78, 5) is 14.1. The molecule has 1 N–H and O–H groups in total. The second kappa shape index (κ2) is 8.42. The Hall–Kier alpha value is -3.55. The minimum atomic E-state index is -0.823. The number of fused-ring (bicyclic) bond motifs is 2. The Labute approximate surface area is 195 Å². The van der Waals surface area contributed by atoms with E-state index in [-0.39, 0.29) is 0 Å². The Kier molecular flexibility index (Phi) is 5.44. The van der Waals surface area contributed by atoms with Gasteiger partial charge in [-0.3, -0.25) is 0 Å². The van der Waals surface area contributed by atoms with Crippen molar-refractivity contribution in [1.82, 2.24) is 15.0 Å². The molecular weight excluding hydrogens is 434 g/mol. The molecule has 5 rings (SSSR count). The standard InChI is InChI=1S/C26H23N3O3S/c1-14-6-5-7-16(8-14)25(30)18-11-17(31-3)12-21-24(18)29-26(33-21)19-9-15(2)10-20-23(19)27-13-22(28-20)32-4/h5-13,25,30H,1-4H3. The molecule has 1 atom stereocenters. The lowest BCUT2D eigenvalue weighted by molar-refractivity contribution is 0.221. The zero-order valence-corrected chi connectivity index (χ0v) is 19.6. The summed E-state index contributed by atoms with van der Waals surface area (Å²) >= 11 is 1.54. The molecule has 1 unspecified atom stereocenters. The van der Waals surface area contributed by atoms with Gasteiger partial charge in [0.1, 0.15) is 16.9 Å². The first kappa shape index (κ1) is 21.3. The first-order valence-corrected chi connectivity index (χ1v) is 11.3. The van der Waals surface area contributed by atoms with Crippen molar-refractivity contribution in [1.29, 1.82) is 0 Å². The number of hydrogen-bond donors (Lipinski definition) is 1. The molecule has 0 saturated carbocycles. The zero-order valence-electron chi connectivity index (χ0n) is 18.8. The number of nitrogens with zero attached hydrogens (tertiary/aromatic N) is 3. The van der Waals surface area contributed by atoms with Gasteiger partial charge in [-0.05, 0) is 49.2 Å². The van der Waals surface area contributed by atoms with E-state index in [1.807, 2.05) is 56.3 Å². The van der Waals surface area contributed by atoms with Crippen LogP contribution in [0, 0.1) is 13.8 Å². The molecule has 0 amide bonds. The van der Waals surface area contributed by atoms with Gasteiger partial charge in [0.2, 0.25) is 5.88 Å². The third-order valence-corrected chi connectivity index (χ3v) is 6.63. The van der Waals surface area contributed by atoms with Crippen LogP contribution in [0.2, 0.25) is 0 Å². The van der Waals surface area contributed by atoms with E-state index in [4.69, 9.17) is 14.5 Å². The number of thiazole rings is 1.